The van der Waals surface area contributed by atoms with E-state index in [1.165, 1.54) is 12.1 Å². The molecule has 0 aliphatic rings. The number of benzene rings is 2. The molecule has 0 radical (unpaired) electrons. The van der Waals surface area contributed by atoms with E-state index in [1.807, 2.05) is 0 Å². The molecule has 0 heterocycles. The van der Waals surface area contributed by atoms with Crippen molar-refractivity contribution in [3.8, 4) is 0 Å². The monoisotopic (exact) mass is 342 g/mol. The lowest BCUT2D eigenvalue weighted by Crippen LogP contribution is -2.31. The van der Waals surface area contributed by atoms with Gasteiger partial charge >= 0.3 is 12.2 Å². The molecule has 0 fully saturated rings. The molecule has 1 atom stereocenters. The number of halogens is 4. The molecule has 7 heteroatoms. The zero-order valence-corrected chi connectivity index (χ0v) is 12.9. The lowest BCUT2D eigenvalue weighted by atomic mass is 10.1. The quantitative estimate of drug-likeness (QED) is 0.786. The van der Waals surface area contributed by atoms with Gasteiger partial charge in [0, 0.05) is 0 Å². The van der Waals surface area contributed by atoms with Gasteiger partial charge in [0.25, 0.3) is 0 Å². The fourth-order valence-electron chi connectivity index (χ4n) is 1.99. The number of alkyl halides is 3. The van der Waals surface area contributed by atoms with E-state index in [-0.39, 0.29) is 0 Å². The molecule has 2 aromatic carbocycles. The second kappa shape index (κ2) is 6.91. The van der Waals surface area contributed by atoms with Crippen LogP contribution in [-0.2, 0) is 6.18 Å². The molecule has 0 aliphatic heterocycles. The van der Waals surface area contributed by atoms with Crippen molar-refractivity contribution in [3.05, 3.63) is 64.7 Å². The predicted molar refractivity (Wildman–Crippen MR) is 83.5 cm³/mol. The number of nitrogens with one attached hydrogen (secondary N) is 2. The highest BCUT2D eigenvalue weighted by Gasteiger charge is 2.30. The van der Waals surface area contributed by atoms with E-state index in [1.54, 1.807) is 31.2 Å². The van der Waals surface area contributed by atoms with Crippen molar-refractivity contribution in [2.75, 3.05) is 5.32 Å². The molecule has 0 aromatic heterocycles. The molecule has 2 N–H and O–H groups in total. The fourth-order valence-corrected chi connectivity index (χ4v) is 2.17. The Morgan fingerprint density at radius 3 is 2.48 bits per heavy atom. The Labute approximate surface area is 136 Å². The smallest absolute Gasteiger partial charge is 0.331 e. The van der Waals surface area contributed by atoms with Crippen LogP contribution in [0.3, 0.4) is 0 Å². The maximum Gasteiger partial charge on any atom is 0.416 e. The topological polar surface area (TPSA) is 41.1 Å². The van der Waals surface area contributed by atoms with Gasteiger partial charge < -0.3 is 10.6 Å². The van der Waals surface area contributed by atoms with Crippen molar-refractivity contribution in [3.63, 3.8) is 0 Å². The fraction of sp³-hybridized carbons (Fsp3) is 0.188. The van der Waals surface area contributed by atoms with Gasteiger partial charge in [0.1, 0.15) is 0 Å². The van der Waals surface area contributed by atoms with Crippen molar-refractivity contribution < 1.29 is 18.0 Å². The molecule has 122 valence electrons. The van der Waals surface area contributed by atoms with Gasteiger partial charge in [-0.3, -0.25) is 0 Å². The molecular weight excluding hydrogens is 329 g/mol. The Hall–Kier alpha value is -2.21. The molecule has 2 amide bonds. The zero-order chi connectivity index (χ0) is 17.0. The van der Waals surface area contributed by atoms with Crippen LogP contribution >= 0.6 is 11.6 Å². The minimum atomic E-state index is -4.42. The molecule has 1 unspecified atom stereocenters. The van der Waals surface area contributed by atoms with Crippen LogP contribution in [0.1, 0.15) is 24.1 Å². The number of hydrogen-bond donors (Lipinski definition) is 2. The summed E-state index contributed by atoms with van der Waals surface area (Å²) in [5.41, 5.74) is 0.0206. The third-order valence-corrected chi connectivity index (χ3v) is 3.51. The highest BCUT2D eigenvalue weighted by Crippen LogP contribution is 2.30. The summed E-state index contributed by atoms with van der Waals surface area (Å²) < 4.78 is 38.1. The molecule has 3 nitrogen and oxygen atoms in total. The first-order valence-corrected chi connectivity index (χ1v) is 7.14. The molecule has 2 aromatic rings. The Morgan fingerprint density at radius 2 is 1.83 bits per heavy atom. The lowest BCUT2D eigenvalue weighted by Gasteiger charge is -2.17. The number of amides is 2. The maximum absolute atomic E-state index is 12.7. The van der Waals surface area contributed by atoms with Crippen LogP contribution in [0.5, 0.6) is 0 Å². The van der Waals surface area contributed by atoms with E-state index in [9.17, 15) is 18.0 Å². The standard InChI is InChI=1S/C16H14ClF3N2O/c1-10(11-5-4-6-12(9-11)16(18,19)20)21-15(23)22-14-8-3-2-7-13(14)17/h2-10H,1H3,(H2,21,22,23). The summed E-state index contributed by atoms with van der Waals surface area (Å²) in [7, 11) is 0. The average Bonchev–Trinajstić information content (AvgIpc) is 2.49. The molecule has 0 spiro atoms. The summed E-state index contributed by atoms with van der Waals surface area (Å²) in [5.74, 6) is 0. The van der Waals surface area contributed by atoms with Gasteiger partial charge in [-0.25, -0.2) is 4.79 Å². The second-order valence-electron chi connectivity index (χ2n) is 4.92. The van der Waals surface area contributed by atoms with Gasteiger partial charge in [-0.1, -0.05) is 35.9 Å². The van der Waals surface area contributed by atoms with E-state index < -0.39 is 23.8 Å². The third-order valence-electron chi connectivity index (χ3n) is 3.18. The molecule has 0 saturated heterocycles. The SMILES string of the molecule is CC(NC(=O)Nc1ccccc1Cl)c1cccc(C(F)(F)F)c1. The van der Waals surface area contributed by atoms with Crippen molar-refractivity contribution in [2.24, 2.45) is 0 Å². The summed E-state index contributed by atoms with van der Waals surface area (Å²) in [6, 6.07) is 10.3. The summed E-state index contributed by atoms with van der Waals surface area (Å²) >= 11 is 5.93. The van der Waals surface area contributed by atoms with Crippen LogP contribution in [0.25, 0.3) is 0 Å². The van der Waals surface area contributed by atoms with Crippen LogP contribution in [0, 0.1) is 0 Å². The summed E-state index contributed by atoms with van der Waals surface area (Å²) in [5, 5.41) is 5.50. The normalized spacial score (nSPS) is 12.6. The number of anilines is 1. The summed E-state index contributed by atoms with van der Waals surface area (Å²) in [6.07, 6.45) is -4.42. The first-order valence-electron chi connectivity index (χ1n) is 6.76. The number of carbonyl (C=O) groups excluding carboxylic acids is 1. The van der Waals surface area contributed by atoms with Crippen LogP contribution in [0.4, 0.5) is 23.7 Å². The van der Waals surface area contributed by atoms with Crippen molar-refractivity contribution in [1.29, 1.82) is 0 Å². The molecule has 0 aliphatic carbocycles. The predicted octanol–water partition coefficient (Wildman–Crippen LogP) is 5.24. The number of carbonyl (C=O) groups is 1. The van der Waals surface area contributed by atoms with Gasteiger partial charge in [-0.15, -0.1) is 0 Å². The minimum absolute atomic E-state index is 0.356. The average molecular weight is 343 g/mol. The van der Waals surface area contributed by atoms with Gasteiger partial charge in [0.2, 0.25) is 0 Å². The highest BCUT2D eigenvalue weighted by atomic mass is 35.5. The Morgan fingerprint density at radius 1 is 1.13 bits per heavy atom. The number of urea groups is 1. The van der Waals surface area contributed by atoms with Gasteiger partial charge in [-0.2, -0.15) is 13.2 Å². The van der Waals surface area contributed by atoms with Gasteiger partial charge in [0.15, 0.2) is 0 Å². The third kappa shape index (κ3) is 4.63. The minimum Gasteiger partial charge on any atom is -0.331 e. The van der Waals surface area contributed by atoms with Crippen LogP contribution in [-0.4, -0.2) is 6.03 Å². The number of para-hydroxylation sites is 1. The molecule has 23 heavy (non-hydrogen) atoms. The van der Waals surface area contributed by atoms with E-state index >= 15 is 0 Å². The summed E-state index contributed by atoms with van der Waals surface area (Å²) in [6.45, 7) is 1.60. The van der Waals surface area contributed by atoms with Gasteiger partial charge in [-0.05, 0) is 36.8 Å². The van der Waals surface area contributed by atoms with E-state index in [0.29, 0.717) is 16.3 Å². The molecule has 2 rings (SSSR count). The van der Waals surface area contributed by atoms with Crippen LogP contribution in [0.15, 0.2) is 48.5 Å². The first kappa shape index (κ1) is 17.1. The Bertz CT molecular complexity index is 704. The van der Waals surface area contributed by atoms with Crippen molar-refractivity contribution in [2.45, 2.75) is 19.1 Å². The van der Waals surface area contributed by atoms with E-state index in [0.717, 1.165) is 12.1 Å². The highest BCUT2D eigenvalue weighted by molar-refractivity contribution is 6.33. The Kier molecular flexibility index (Phi) is 5.15. The second-order valence-corrected chi connectivity index (χ2v) is 5.33. The number of hydrogen-bond acceptors (Lipinski definition) is 1. The molecule has 0 saturated carbocycles. The summed E-state index contributed by atoms with van der Waals surface area (Å²) in [4.78, 5) is 11.9. The first-order chi connectivity index (χ1) is 10.8. The lowest BCUT2D eigenvalue weighted by molar-refractivity contribution is -0.137. The van der Waals surface area contributed by atoms with E-state index in [2.05, 4.69) is 10.6 Å². The molecule has 0 bridgehead atoms. The van der Waals surface area contributed by atoms with Crippen molar-refractivity contribution in [1.82, 2.24) is 5.32 Å². The van der Waals surface area contributed by atoms with E-state index in [4.69, 9.17) is 11.6 Å². The van der Waals surface area contributed by atoms with Crippen molar-refractivity contribution >= 4 is 23.3 Å². The Balaban J connectivity index is 2.06. The van der Waals surface area contributed by atoms with Crippen LogP contribution < -0.4 is 10.6 Å². The largest absolute Gasteiger partial charge is 0.416 e. The number of rotatable bonds is 3. The maximum atomic E-state index is 12.7. The van der Waals surface area contributed by atoms with Gasteiger partial charge in [0.05, 0.1) is 22.3 Å². The van der Waals surface area contributed by atoms with Crippen LogP contribution in [0.2, 0.25) is 5.02 Å². The zero-order valence-electron chi connectivity index (χ0n) is 12.1. The molecular formula is C16H14ClF3N2O.